The number of rotatable bonds is 4. The summed E-state index contributed by atoms with van der Waals surface area (Å²) in [5.74, 6) is 0.937. The molecule has 0 fully saturated rings. The number of hydrogen-bond acceptors (Lipinski definition) is 1. The van der Waals surface area contributed by atoms with Crippen LogP contribution in [0.5, 0.6) is 0 Å². The van der Waals surface area contributed by atoms with Gasteiger partial charge in [0.1, 0.15) is 0 Å². The van der Waals surface area contributed by atoms with Crippen molar-refractivity contribution in [2.24, 2.45) is 4.99 Å². The van der Waals surface area contributed by atoms with E-state index in [0.717, 1.165) is 25.5 Å². The van der Waals surface area contributed by atoms with Gasteiger partial charge in [-0.1, -0.05) is 31.2 Å². The number of guanidine groups is 1. The van der Waals surface area contributed by atoms with Crippen molar-refractivity contribution in [3.63, 3.8) is 0 Å². The van der Waals surface area contributed by atoms with Gasteiger partial charge in [-0.3, -0.25) is 4.99 Å². The molecule has 0 aromatic heterocycles. The maximum atomic E-state index is 4.24. The van der Waals surface area contributed by atoms with E-state index < -0.39 is 0 Å². The summed E-state index contributed by atoms with van der Waals surface area (Å²) >= 11 is 0. The lowest BCUT2D eigenvalue weighted by Crippen LogP contribution is -2.38. The molecule has 0 saturated heterocycles. The highest BCUT2D eigenvalue weighted by Gasteiger charge is 2.04. The van der Waals surface area contributed by atoms with Crippen molar-refractivity contribution in [3.05, 3.63) is 35.4 Å². The van der Waals surface area contributed by atoms with E-state index in [2.05, 4.69) is 60.4 Å². The number of benzene rings is 1. The molecule has 1 rings (SSSR count). The molecular formula is C14H23N3. The van der Waals surface area contributed by atoms with E-state index in [4.69, 9.17) is 0 Å². The predicted octanol–water partition coefficient (Wildman–Crippen LogP) is 2.28. The molecule has 0 atom stereocenters. The number of nitrogens with zero attached hydrogens (tertiary/aromatic N) is 2. The zero-order valence-corrected chi connectivity index (χ0v) is 11.3. The second kappa shape index (κ2) is 6.94. The van der Waals surface area contributed by atoms with Crippen LogP contribution in [0.4, 0.5) is 0 Å². The Hall–Kier alpha value is -1.51. The fraction of sp³-hybridized carbons (Fsp3) is 0.500. The van der Waals surface area contributed by atoms with Crippen molar-refractivity contribution >= 4 is 5.96 Å². The molecule has 3 nitrogen and oxygen atoms in total. The summed E-state index contributed by atoms with van der Waals surface area (Å²) in [6, 6.07) is 8.77. The van der Waals surface area contributed by atoms with Crippen molar-refractivity contribution in [1.82, 2.24) is 10.2 Å². The summed E-state index contributed by atoms with van der Waals surface area (Å²) in [5.41, 5.74) is 2.69. The monoisotopic (exact) mass is 233 g/mol. The maximum absolute atomic E-state index is 4.24. The first-order valence-corrected chi connectivity index (χ1v) is 6.20. The van der Waals surface area contributed by atoms with E-state index >= 15 is 0 Å². The van der Waals surface area contributed by atoms with Gasteiger partial charge in [-0.15, -0.1) is 0 Å². The standard InChI is InChI=1S/C14H23N3/c1-5-12-7-9-13(10-8-12)11-17(4)14(15-3)16-6-2/h7-10H,5-6,11H2,1-4H3,(H,15,16). The first-order valence-electron chi connectivity index (χ1n) is 6.20. The van der Waals surface area contributed by atoms with Crippen LogP contribution in [0.3, 0.4) is 0 Å². The highest BCUT2D eigenvalue weighted by Crippen LogP contribution is 2.07. The van der Waals surface area contributed by atoms with E-state index in [9.17, 15) is 0 Å². The van der Waals surface area contributed by atoms with Crippen molar-refractivity contribution in [1.29, 1.82) is 0 Å². The molecular weight excluding hydrogens is 210 g/mol. The minimum atomic E-state index is 0.879. The Balaban J connectivity index is 2.63. The largest absolute Gasteiger partial charge is 0.357 e. The van der Waals surface area contributed by atoms with Gasteiger partial charge in [-0.25, -0.2) is 0 Å². The molecule has 1 aromatic rings. The Morgan fingerprint density at radius 2 is 1.76 bits per heavy atom. The average Bonchev–Trinajstić information content (AvgIpc) is 2.36. The summed E-state index contributed by atoms with van der Waals surface area (Å²) in [6.45, 7) is 6.03. The van der Waals surface area contributed by atoms with E-state index in [1.54, 1.807) is 0 Å². The molecule has 0 unspecified atom stereocenters. The minimum Gasteiger partial charge on any atom is -0.357 e. The molecule has 0 radical (unpaired) electrons. The van der Waals surface area contributed by atoms with E-state index in [-0.39, 0.29) is 0 Å². The van der Waals surface area contributed by atoms with Gasteiger partial charge in [-0.2, -0.15) is 0 Å². The third-order valence-corrected chi connectivity index (χ3v) is 2.76. The van der Waals surface area contributed by atoms with Crippen LogP contribution in [-0.4, -0.2) is 31.5 Å². The Labute approximate surface area is 105 Å². The zero-order valence-electron chi connectivity index (χ0n) is 11.3. The fourth-order valence-corrected chi connectivity index (χ4v) is 1.77. The molecule has 0 aliphatic heterocycles. The molecule has 17 heavy (non-hydrogen) atoms. The molecule has 1 aromatic carbocycles. The third kappa shape index (κ3) is 4.10. The summed E-state index contributed by atoms with van der Waals surface area (Å²) < 4.78 is 0. The molecule has 0 spiro atoms. The van der Waals surface area contributed by atoms with Gasteiger partial charge in [0.25, 0.3) is 0 Å². The molecule has 0 bridgehead atoms. The van der Waals surface area contributed by atoms with E-state index in [1.165, 1.54) is 11.1 Å². The van der Waals surface area contributed by atoms with Gasteiger partial charge in [0.15, 0.2) is 5.96 Å². The Morgan fingerprint density at radius 1 is 1.18 bits per heavy atom. The second-order valence-electron chi connectivity index (χ2n) is 4.10. The quantitative estimate of drug-likeness (QED) is 0.638. The zero-order chi connectivity index (χ0) is 12.7. The summed E-state index contributed by atoms with van der Waals surface area (Å²) in [6.07, 6.45) is 1.09. The van der Waals surface area contributed by atoms with Crippen LogP contribution in [0, 0.1) is 0 Å². The number of hydrogen-bond donors (Lipinski definition) is 1. The molecule has 94 valence electrons. The van der Waals surface area contributed by atoms with Crippen LogP contribution in [0.15, 0.2) is 29.3 Å². The second-order valence-corrected chi connectivity index (χ2v) is 4.10. The van der Waals surface area contributed by atoms with Crippen molar-refractivity contribution < 1.29 is 0 Å². The number of aliphatic imine (C=N–C) groups is 1. The SMILES string of the molecule is CCNC(=NC)N(C)Cc1ccc(CC)cc1. The van der Waals surface area contributed by atoms with Gasteiger partial charge in [0.05, 0.1) is 0 Å². The van der Waals surface area contributed by atoms with Crippen LogP contribution in [0.1, 0.15) is 25.0 Å². The molecule has 3 heteroatoms. The number of aryl methyl sites for hydroxylation is 1. The van der Waals surface area contributed by atoms with Crippen LogP contribution >= 0.6 is 0 Å². The minimum absolute atomic E-state index is 0.879. The van der Waals surface area contributed by atoms with Crippen molar-refractivity contribution in [2.45, 2.75) is 26.8 Å². The topological polar surface area (TPSA) is 27.6 Å². The lowest BCUT2D eigenvalue weighted by atomic mass is 10.1. The smallest absolute Gasteiger partial charge is 0.193 e. The summed E-state index contributed by atoms with van der Waals surface area (Å²) in [7, 11) is 3.87. The van der Waals surface area contributed by atoms with Gasteiger partial charge >= 0.3 is 0 Å². The predicted molar refractivity (Wildman–Crippen MR) is 74.3 cm³/mol. The highest BCUT2D eigenvalue weighted by atomic mass is 15.3. The van der Waals surface area contributed by atoms with Gasteiger partial charge < -0.3 is 10.2 Å². The molecule has 1 N–H and O–H groups in total. The summed E-state index contributed by atoms with van der Waals surface area (Å²) in [4.78, 5) is 6.37. The molecule has 0 aliphatic carbocycles. The lowest BCUT2D eigenvalue weighted by molar-refractivity contribution is 0.479. The van der Waals surface area contributed by atoms with Crippen LogP contribution < -0.4 is 5.32 Å². The molecule has 0 amide bonds. The molecule has 0 heterocycles. The lowest BCUT2D eigenvalue weighted by Gasteiger charge is -2.21. The highest BCUT2D eigenvalue weighted by molar-refractivity contribution is 5.79. The normalized spacial score (nSPS) is 11.4. The number of nitrogens with one attached hydrogen (secondary N) is 1. The van der Waals surface area contributed by atoms with Gasteiger partial charge in [-0.05, 0) is 24.5 Å². The molecule has 0 saturated carbocycles. The summed E-state index contributed by atoms with van der Waals surface area (Å²) in [5, 5.41) is 3.25. The Kier molecular flexibility index (Phi) is 5.53. The fourth-order valence-electron chi connectivity index (χ4n) is 1.77. The maximum Gasteiger partial charge on any atom is 0.193 e. The first kappa shape index (κ1) is 13.6. The first-order chi connectivity index (χ1) is 8.21. The van der Waals surface area contributed by atoms with Crippen LogP contribution in [0.2, 0.25) is 0 Å². The Bertz CT molecular complexity index is 354. The van der Waals surface area contributed by atoms with Crippen LogP contribution in [0.25, 0.3) is 0 Å². The van der Waals surface area contributed by atoms with Crippen LogP contribution in [-0.2, 0) is 13.0 Å². The van der Waals surface area contributed by atoms with E-state index in [1.807, 2.05) is 7.05 Å². The van der Waals surface area contributed by atoms with Crippen molar-refractivity contribution in [3.8, 4) is 0 Å². The van der Waals surface area contributed by atoms with Crippen molar-refractivity contribution in [2.75, 3.05) is 20.6 Å². The van der Waals surface area contributed by atoms with E-state index in [0.29, 0.717) is 0 Å². The Morgan fingerprint density at radius 3 is 2.24 bits per heavy atom. The van der Waals surface area contributed by atoms with Gasteiger partial charge in [0.2, 0.25) is 0 Å². The average molecular weight is 233 g/mol. The van der Waals surface area contributed by atoms with Gasteiger partial charge in [0, 0.05) is 27.2 Å². The molecule has 0 aliphatic rings. The third-order valence-electron chi connectivity index (χ3n) is 2.76.